The highest BCUT2D eigenvalue weighted by Crippen LogP contribution is 2.26. The van der Waals surface area contributed by atoms with Crippen molar-refractivity contribution in [2.75, 3.05) is 17.1 Å². The van der Waals surface area contributed by atoms with Gasteiger partial charge in [-0.05, 0) is 73.7 Å². The summed E-state index contributed by atoms with van der Waals surface area (Å²) in [5, 5.41) is 23.2. The Hall–Kier alpha value is -6.45. The Morgan fingerprint density at radius 2 is 1.33 bits per heavy atom. The number of nitrogens with zero attached hydrogens (tertiary/aromatic N) is 3. The molecular formula is C43H47N7O7S. The minimum atomic E-state index is -3.90. The second-order valence-corrected chi connectivity index (χ2v) is 16.0. The number of carbonyl (C=O) groups excluding carboxylic acids is 3. The minimum Gasteiger partial charge on any atom is -0.348 e. The second-order valence-electron chi connectivity index (χ2n) is 14.1. The Balaban J connectivity index is 1.40. The number of benzene rings is 4. The zero-order valence-electron chi connectivity index (χ0n) is 32.7. The van der Waals surface area contributed by atoms with Crippen molar-refractivity contribution in [1.82, 2.24) is 26.3 Å². The van der Waals surface area contributed by atoms with Crippen molar-refractivity contribution in [1.29, 1.82) is 0 Å². The van der Waals surface area contributed by atoms with E-state index in [0.29, 0.717) is 17.5 Å². The van der Waals surface area contributed by atoms with Crippen molar-refractivity contribution in [2.24, 2.45) is 0 Å². The fourth-order valence-electron chi connectivity index (χ4n) is 6.22. The second kappa shape index (κ2) is 19.6. The van der Waals surface area contributed by atoms with Crippen LogP contribution in [-0.2, 0) is 27.8 Å². The Bertz CT molecular complexity index is 2300. The van der Waals surface area contributed by atoms with Gasteiger partial charge in [-0.15, -0.1) is 0 Å². The predicted octanol–water partition coefficient (Wildman–Crippen LogP) is 5.64. The average Bonchev–Trinajstić information content (AvgIpc) is 3.22. The van der Waals surface area contributed by atoms with Gasteiger partial charge < -0.3 is 21.3 Å². The Morgan fingerprint density at radius 1 is 0.741 bits per heavy atom. The number of nitro groups is 1. The van der Waals surface area contributed by atoms with Crippen LogP contribution in [0.2, 0.25) is 0 Å². The molecule has 1 aromatic heterocycles. The lowest BCUT2D eigenvalue weighted by molar-refractivity contribution is -0.384. The molecule has 0 radical (unpaired) electrons. The third kappa shape index (κ3) is 12.0. The first-order valence-electron chi connectivity index (χ1n) is 18.7. The number of rotatable bonds is 18. The molecule has 5 aromatic rings. The van der Waals surface area contributed by atoms with Gasteiger partial charge in [0.1, 0.15) is 0 Å². The first kappa shape index (κ1) is 42.7. The Morgan fingerprint density at radius 3 is 1.90 bits per heavy atom. The van der Waals surface area contributed by atoms with Crippen molar-refractivity contribution in [3.8, 4) is 0 Å². The standard InChI is InChI=1S/C43H47N7O7S/c1-29(34-17-19-39(20-18-34)50(54)55)46-41(51)31(3)45-27-38(22-32-12-7-5-8-13-32)48-43(53)37-23-36(42(52)47-30(2)35-16-11-21-44-26-35)24-40(25-37)49(58(4,56)57)28-33-14-9-6-10-15-33/h5-21,23-26,29-31,38,45H,22,27-28H2,1-4H3,(H,46,51)(H,47,52)(H,48,53)/t29-,30?,31+,38+/m1/s1. The summed E-state index contributed by atoms with van der Waals surface area (Å²) in [6.45, 7) is 5.38. The zero-order chi connectivity index (χ0) is 41.8. The molecule has 0 saturated carbocycles. The van der Waals surface area contributed by atoms with Crippen LogP contribution < -0.4 is 25.6 Å². The number of hydrogen-bond acceptors (Lipinski definition) is 9. The molecule has 302 valence electrons. The molecule has 58 heavy (non-hydrogen) atoms. The van der Waals surface area contributed by atoms with Gasteiger partial charge in [0.2, 0.25) is 15.9 Å². The van der Waals surface area contributed by atoms with Crippen molar-refractivity contribution in [3.63, 3.8) is 0 Å². The molecule has 14 nitrogen and oxygen atoms in total. The highest BCUT2D eigenvalue weighted by Gasteiger charge is 2.25. The SMILES string of the molecule is CC(NC(=O)c1cc(C(=O)N[C@H](CN[C@@H](C)C(=O)N[C@H](C)c2ccc([N+](=O)[O-])cc2)Cc2ccccc2)cc(N(Cc2ccccc2)S(C)(=O)=O)c1)c1cccnc1. The molecule has 4 N–H and O–H groups in total. The van der Waals surface area contributed by atoms with Crippen LogP contribution >= 0.6 is 0 Å². The molecule has 5 rings (SSSR count). The summed E-state index contributed by atoms with van der Waals surface area (Å²) in [7, 11) is -3.90. The maximum absolute atomic E-state index is 14.2. The molecular weight excluding hydrogens is 759 g/mol. The molecule has 0 bridgehead atoms. The molecule has 0 spiro atoms. The van der Waals surface area contributed by atoms with Crippen LogP contribution in [0, 0.1) is 10.1 Å². The largest absolute Gasteiger partial charge is 0.348 e. The fraction of sp³-hybridized carbons (Fsp3) is 0.256. The van der Waals surface area contributed by atoms with Gasteiger partial charge in [0.25, 0.3) is 17.5 Å². The summed E-state index contributed by atoms with van der Waals surface area (Å²) in [4.78, 5) is 56.0. The van der Waals surface area contributed by atoms with Crippen molar-refractivity contribution < 1.29 is 27.7 Å². The quantitative estimate of drug-likeness (QED) is 0.0641. The van der Waals surface area contributed by atoms with E-state index >= 15 is 0 Å². The maximum atomic E-state index is 14.2. The first-order valence-corrected chi connectivity index (χ1v) is 20.5. The topological polar surface area (TPSA) is 193 Å². The third-order valence-corrected chi connectivity index (χ3v) is 10.7. The normalized spacial score (nSPS) is 13.3. The first-order chi connectivity index (χ1) is 27.7. The summed E-state index contributed by atoms with van der Waals surface area (Å²) < 4.78 is 27.7. The van der Waals surface area contributed by atoms with Crippen LogP contribution in [0.3, 0.4) is 0 Å². The molecule has 0 aliphatic heterocycles. The van der Waals surface area contributed by atoms with E-state index in [1.807, 2.05) is 42.5 Å². The van der Waals surface area contributed by atoms with Gasteiger partial charge in [-0.3, -0.25) is 33.8 Å². The summed E-state index contributed by atoms with van der Waals surface area (Å²) >= 11 is 0. The van der Waals surface area contributed by atoms with Gasteiger partial charge in [0, 0.05) is 48.2 Å². The number of carbonyl (C=O) groups is 3. The number of hydrogen-bond donors (Lipinski definition) is 4. The van der Waals surface area contributed by atoms with Crippen molar-refractivity contribution in [2.45, 2.75) is 57.9 Å². The van der Waals surface area contributed by atoms with E-state index in [1.54, 1.807) is 75.6 Å². The maximum Gasteiger partial charge on any atom is 0.269 e. The Labute approximate surface area is 338 Å². The number of nitrogens with one attached hydrogen (secondary N) is 4. The summed E-state index contributed by atoms with van der Waals surface area (Å²) in [6.07, 6.45) is 4.71. The van der Waals surface area contributed by atoms with Crippen LogP contribution in [0.1, 0.15) is 75.8 Å². The van der Waals surface area contributed by atoms with E-state index in [-0.39, 0.29) is 41.5 Å². The van der Waals surface area contributed by atoms with Crippen molar-refractivity contribution >= 4 is 39.1 Å². The van der Waals surface area contributed by atoms with E-state index in [1.165, 1.54) is 30.3 Å². The van der Waals surface area contributed by atoms with Gasteiger partial charge in [-0.25, -0.2) is 8.42 Å². The van der Waals surface area contributed by atoms with E-state index in [2.05, 4.69) is 26.3 Å². The number of anilines is 1. The molecule has 4 aromatic carbocycles. The van der Waals surface area contributed by atoms with E-state index in [9.17, 15) is 32.9 Å². The van der Waals surface area contributed by atoms with Crippen LogP contribution in [0.4, 0.5) is 11.4 Å². The van der Waals surface area contributed by atoms with Crippen LogP contribution in [0.25, 0.3) is 0 Å². The Kier molecular flexibility index (Phi) is 14.4. The lowest BCUT2D eigenvalue weighted by Crippen LogP contribution is -2.49. The monoisotopic (exact) mass is 805 g/mol. The van der Waals surface area contributed by atoms with Gasteiger partial charge in [0.05, 0.1) is 41.5 Å². The van der Waals surface area contributed by atoms with E-state index in [0.717, 1.165) is 21.7 Å². The lowest BCUT2D eigenvalue weighted by atomic mass is 10.0. The number of amides is 3. The summed E-state index contributed by atoms with van der Waals surface area (Å²) in [6, 6.07) is 30.2. The molecule has 4 atom stereocenters. The van der Waals surface area contributed by atoms with Crippen molar-refractivity contribution in [3.05, 3.63) is 171 Å². The van der Waals surface area contributed by atoms with E-state index in [4.69, 9.17) is 0 Å². The fourth-order valence-corrected chi connectivity index (χ4v) is 7.09. The smallest absolute Gasteiger partial charge is 0.269 e. The molecule has 3 amide bonds. The van der Waals surface area contributed by atoms with Gasteiger partial charge >= 0.3 is 0 Å². The molecule has 1 unspecified atom stereocenters. The number of non-ortho nitro benzene ring substituents is 1. The summed E-state index contributed by atoms with van der Waals surface area (Å²) in [5.41, 5.74) is 3.28. The number of pyridine rings is 1. The molecule has 0 saturated heterocycles. The number of aromatic nitrogens is 1. The predicted molar refractivity (Wildman–Crippen MR) is 223 cm³/mol. The molecule has 0 aliphatic carbocycles. The molecule has 0 aliphatic rings. The van der Waals surface area contributed by atoms with Gasteiger partial charge in [0.15, 0.2) is 0 Å². The van der Waals surface area contributed by atoms with Crippen LogP contribution in [-0.4, -0.2) is 60.9 Å². The zero-order valence-corrected chi connectivity index (χ0v) is 33.5. The van der Waals surface area contributed by atoms with Crippen LogP contribution in [0.15, 0.2) is 128 Å². The number of sulfonamides is 1. The minimum absolute atomic E-state index is 0.0405. The molecule has 15 heteroatoms. The highest BCUT2D eigenvalue weighted by molar-refractivity contribution is 7.92. The van der Waals surface area contributed by atoms with Crippen LogP contribution in [0.5, 0.6) is 0 Å². The third-order valence-electron chi connectivity index (χ3n) is 9.52. The molecule has 0 fully saturated rings. The average molecular weight is 806 g/mol. The summed E-state index contributed by atoms with van der Waals surface area (Å²) in [5.74, 6) is -1.40. The molecule has 1 heterocycles. The van der Waals surface area contributed by atoms with Gasteiger partial charge in [-0.2, -0.15) is 0 Å². The number of nitro benzene ring substituents is 1. The lowest BCUT2D eigenvalue weighted by Gasteiger charge is -2.25. The van der Waals surface area contributed by atoms with Gasteiger partial charge in [-0.1, -0.05) is 78.9 Å². The highest BCUT2D eigenvalue weighted by atomic mass is 32.2. The van der Waals surface area contributed by atoms with E-state index < -0.39 is 50.9 Å².